The first-order valence-corrected chi connectivity index (χ1v) is 9.58. The van der Waals surface area contributed by atoms with Crippen molar-refractivity contribution in [3.63, 3.8) is 0 Å². The molecule has 7 nitrogen and oxygen atoms in total. The van der Waals surface area contributed by atoms with Crippen molar-refractivity contribution in [2.45, 2.75) is 33.4 Å². The van der Waals surface area contributed by atoms with Crippen LogP contribution in [0.2, 0.25) is 0 Å². The van der Waals surface area contributed by atoms with Gasteiger partial charge in [-0.15, -0.1) is 5.10 Å². The van der Waals surface area contributed by atoms with E-state index in [-0.39, 0.29) is 11.5 Å². The van der Waals surface area contributed by atoms with Crippen LogP contribution in [0.1, 0.15) is 29.9 Å². The average molecular weight is 477 g/mol. The van der Waals surface area contributed by atoms with Gasteiger partial charge in [-0.3, -0.25) is 9.59 Å². The molecular formula is C19H20IN5O2. The maximum atomic E-state index is 12.5. The summed E-state index contributed by atoms with van der Waals surface area (Å²) >= 11 is 2.23. The fourth-order valence-corrected chi connectivity index (χ4v) is 3.08. The number of amides is 1. The summed E-state index contributed by atoms with van der Waals surface area (Å²) in [6.07, 6.45) is 0. The summed E-state index contributed by atoms with van der Waals surface area (Å²) in [7, 11) is 0. The summed E-state index contributed by atoms with van der Waals surface area (Å²) < 4.78 is 3.98. The normalized spacial score (nSPS) is 12.0. The van der Waals surface area contributed by atoms with E-state index in [0.717, 1.165) is 20.5 Å². The number of nitrogens with one attached hydrogen (secondary N) is 1. The van der Waals surface area contributed by atoms with Gasteiger partial charge < -0.3 is 5.32 Å². The Bertz CT molecular complexity index is 1020. The van der Waals surface area contributed by atoms with Gasteiger partial charge in [0, 0.05) is 21.9 Å². The molecule has 140 valence electrons. The van der Waals surface area contributed by atoms with Gasteiger partial charge in [0.15, 0.2) is 5.82 Å². The smallest absolute Gasteiger partial charge is 0.267 e. The number of nitrogens with zero attached hydrogens (tertiary/aromatic N) is 4. The Labute approximate surface area is 170 Å². The molecule has 1 N–H and O–H groups in total. The Balaban J connectivity index is 1.79. The van der Waals surface area contributed by atoms with Crippen molar-refractivity contribution >= 4 is 28.5 Å². The molecule has 0 saturated heterocycles. The second-order valence-corrected chi connectivity index (χ2v) is 7.58. The van der Waals surface area contributed by atoms with Gasteiger partial charge in [-0.2, -0.15) is 5.10 Å². The molecule has 2 heterocycles. The molecule has 0 saturated carbocycles. The van der Waals surface area contributed by atoms with Crippen LogP contribution < -0.4 is 10.9 Å². The SMILES string of the molecule is Cc1cc(C)n(-c2ccc(=O)n(C(C)C(=O)NCc3ccc(I)cc3)n2)n1. The van der Waals surface area contributed by atoms with Crippen LogP contribution in [0.25, 0.3) is 5.82 Å². The first kappa shape index (κ1) is 19.3. The third-order valence-corrected chi connectivity index (χ3v) is 4.88. The maximum absolute atomic E-state index is 12.5. The molecule has 0 spiro atoms. The number of hydrogen-bond acceptors (Lipinski definition) is 4. The molecule has 1 atom stereocenters. The monoisotopic (exact) mass is 477 g/mol. The Morgan fingerprint density at radius 3 is 2.48 bits per heavy atom. The molecule has 3 aromatic rings. The quantitative estimate of drug-likeness (QED) is 0.573. The van der Waals surface area contributed by atoms with E-state index in [0.29, 0.717) is 12.4 Å². The predicted octanol–water partition coefficient (Wildman–Crippen LogP) is 2.53. The molecule has 0 radical (unpaired) electrons. The van der Waals surface area contributed by atoms with Crippen LogP contribution in [-0.4, -0.2) is 25.5 Å². The molecule has 0 aliphatic rings. The zero-order valence-electron chi connectivity index (χ0n) is 15.3. The molecule has 1 amide bonds. The molecule has 27 heavy (non-hydrogen) atoms. The summed E-state index contributed by atoms with van der Waals surface area (Å²) in [6.45, 7) is 5.85. The van der Waals surface area contributed by atoms with Gasteiger partial charge in [0.1, 0.15) is 6.04 Å². The lowest BCUT2D eigenvalue weighted by Gasteiger charge is -2.15. The lowest BCUT2D eigenvalue weighted by molar-refractivity contribution is -0.124. The van der Waals surface area contributed by atoms with E-state index in [4.69, 9.17) is 0 Å². The molecule has 0 aliphatic heterocycles. The topological polar surface area (TPSA) is 81.8 Å². The molecule has 8 heteroatoms. The first-order valence-electron chi connectivity index (χ1n) is 8.51. The minimum absolute atomic E-state index is 0.270. The van der Waals surface area contributed by atoms with E-state index in [9.17, 15) is 9.59 Å². The van der Waals surface area contributed by atoms with Gasteiger partial charge in [-0.1, -0.05) is 12.1 Å². The van der Waals surface area contributed by atoms with E-state index in [1.54, 1.807) is 17.7 Å². The van der Waals surface area contributed by atoms with Crippen molar-refractivity contribution in [1.29, 1.82) is 0 Å². The van der Waals surface area contributed by atoms with Crippen LogP contribution in [0.5, 0.6) is 0 Å². The highest BCUT2D eigenvalue weighted by Gasteiger charge is 2.18. The van der Waals surface area contributed by atoms with Crippen LogP contribution in [0.4, 0.5) is 0 Å². The summed E-state index contributed by atoms with van der Waals surface area (Å²) in [5, 5.41) is 11.6. The molecule has 2 aromatic heterocycles. The fourth-order valence-electron chi connectivity index (χ4n) is 2.72. The highest BCUT2D eigenvalue weighted by atomic mass is 127. The number of aryl methyl sites for hydroxylation is 2. The van der Waals surface area contributed by atoms with Gasteiger partial charge in [0.2, 0.25) is 5.91 Å². The second kappa shape index (κ2) is 8.03. The highest BCUT2D eigenvalue weighted by Crippen LogP contribution is 2.10. The minimum atomic E-state index is -0.738. The number of carbonyl (C=O) groups excluding carboxylic acids is 1. The zero-order valence-corrected chi connectivity index (χ0v) is 17.5. The van der Waals surface area contributed by atoms with Crippen molar-refractivity contribution in [3.05, 3.63) is 73.3 Å². The molecule has 0 aliphatic carbocycles. The van der Waals surface area contributed by atoms with Crippen LogP contribution in [0.15, 0.2) is 47.3 Å². The van der Waals surface area contributed by atoms with Crippen LogP contribution in [-0.2, 0) is 11.3 Å². The van der Waals surface area contributed by atoms with Crippen LogP contribution >= 0.6 is 22.6 Å². The van der Waals surface area contributed by atoms with E-state index >= 15 is 0 Å². The lowest BCUT2D eigenvalue weighted by atomic mass is 10.2. The predicted molar refractivity (Wildman–Crippen MR) is 111 cm³/mol. The van der Waals surface area contributed by atoms with E-state index in [2.05, 4.69) is 38.1 Å². The number of carbonyl (C=O) groups is 1. The Hall–Kier alpha value is -2.49. The minimum Gasteiger partial charge on any atom is -0.350 e. The summed E-state index contributed by atoms with van der Waals surface area (Å²) in [5.41, 5.74) is 2.42. The Morgan fingerprint density at radius 1 is 1.15 bits per heavy atom. The average Bonchev–Trinajstić information content (AvgIpc) is 2.99. The summed E-state index contributed by atoms with van der Waals surface area (Å²) in [5.74, 6) is 0.228. The van der Waals surface area contributed by atoms with Gasteiger partial charge in [-0.05, 0) is 73.2 Å². The van der Waals surface area contributed by atoms with Crippen molar-refractivity contribution < 1.29 is 4.79 Å². The van der Waals surface area contributed by atoms with Crippen molar-refractivity contribution in [1.82, 2.24) is 24.9 Å². The van der Waals surface area contributed by atoms with E-state index in [1.165, 1.54) is 10.7 Å². The van der Waals surface area contributed by atoms with Crippen LogP contribution in [0.3, 0.4) is 0 Å². The Kier molecular flexibility index (Phi) is 5.73. The third kappa shape index (κ3) is 4.44. The van der Waals surface area contributed by atoms with Crippen molar-refractivity contribution in [2.75, 3.05) is 0 Å². The summed E-state index contributed by atoms with van der Waals surface area (Å²) in [4.78, 5) is 24.8. The fraction of sp³-hybridized carbons (Fsp3) is 0.263. The second-order valence-electron chi connectivity index (χ2n) is 6.33. The van der Waals surface area contributed by atoms with Crippen LogP contribution in [0, 0.1) is 17.4 Å². The molecule has 1 unspecified atom stereocenters. The number of aromatic nitrogens is 4. The number of benzene rings is 1. The van der Waals surface area contributed by atoms with Crippen molar-refractivity contribution in [3.8, 4) is 5.82 Å². The van der Waals surface area contributed by atoms with Gasteiger partial charge in [-0.25, -0.2) is 9.36 Å². The van der Waals surface area contributed by atoms with E-state index < -0.39 is 6.04 Å². The molecule has 3 rings (SSSR count). The zero-order chi connectivity index (χ0) is 19.6. The molecule has 1 aromatic carbocycles. The standard InChI is InChI=1S/C19H20IN5O2/c1-12-10-13(2)24(22-12)17-8-9-18(26)25(23-17)14(3)19(27)21-11-15-4-6-16(20)7-5-15/h4-10,14H,11H2,1-3H3,(H,21,27). The molecule has 0 bridgehead atoms. The van der Waals surface area contributed by atoms with Gasteiger partial charge in [0.05, 0.1) is 5.69 Å². The lowest BCUT2D eigenvalue weighted by Crippen LogP contribution is -2.37. The van der Waals surface area contributed by atoms with E-state index in [1.807, 2.05) is 44.2 Å². The van der Waals surface area contributed by atoms with Crippen molar-refractivity contribution in [2.24, 2.45) is 0 Å². The first-order chi connectivity index (χ1) is 12.8. The molecule has 0 fully saturated rings. The number of rotatable bonds is 5. The summed E-state index contributed by atoms with van der Waals surface area (Å²) in [6, 6.07) is 12.1. The van der Waals surface area contributed by atoms with Gasteiger partial charge in [0.25, 0.3) is 5.56 Å². The third-order valence-electron chi connectivity index (χ3n) is 4.16. The highest BCUT2D eigenvalue weighted by molar-refractivity contribution is 14.1. The largest absolute Gasteiger partial charge is 0.350 e. The molecular weight excluding hydrogens is 457 g/mol. The van der Waals surface area contributed by atoms with Gasteiger partial charge >= 0.3 is 0 Å². The number of halogens is 1. The number of hydrogen-bond donors (Lipinski definition) is 1. The Morgan fingerprint density at radius 2 is 1.85 bits per heavy atom. The maximum Gasteiger partial charge on any atom is 0.267 e.